The van der Waals surface area contributed by atoms with Gasteiger partial charge in [0.25, 0.3) is 0 Å². The van der Waals surface area contributed by atoms with Crippen molar-refractivity contribution in [3.8, 4) is 0 Å². The van der Waals surface area contributed by atoms with E-state index in [9.17, 15) is 0 Å². The SMILES string of the molecule is CC(c1ccc2ccccc2c1)C(C)c1ccc2ccccc2c1. The predicted molar refractivity (Wildman–Crippen MR) is 105 cm³/mol. The highest BCUT2D eigenvalue weighted by Gasteiger charge is 2.17. The van der Waals surface area contributed by atoms with Crippen LogP contribution >= 0.6 is 0 Å². The third-order valence-corrected chi connectivity index (χ3v) is 5.35. The van der Waals surface area contributed by atoms with Gasteiger partial charge in [-0.25, -0.2) is 0 Å². The van der Waals surface area contributed by atoms with Crippen LogP contribution in [-0.4, -0.2) is 0 Å². The van der Waals surface area contributed by atoms with Crippen molar-refractivity contribution in [1.82, 2.24) is 0 Å². The van der Waals surface area contributed by atoms with Crippen molar-refractivity contribution in [1.29, 1.82) is 0 Å². The van der Waals surface area contributed by atoms with Crippen molar-refractivity contribution >= 4 is 21.5 Å². The van der Waals surface area contributed by atoms with E-state index in [0.717, 1.165) is 0 Å². The second-order valence-electron chi connectivity index (χ2n) is 6.79. The van der Waals surface area contributed by atoms with Crippen LogP contribution in [0, 0.1) is 0 Å². The summed E-state index contributed by atoms with van der Waals surface area (Å²) in [6.07, 6.45) is 0. The van der Waals surface area contributed by atoms with Gasteiger partial charge < -0.3 is 0 Å². The number of hydrogen-bond acceptors (Lipinski definition) is 0. The highest BCUT2D eigenvalue weighted by molar-refractivity contribution is 5.84. The Morgan fingerprint density at radius 3 is 1.25 bits per heavy atom. The molecule has 0 radical (unpaired) electrons. The number of hydrogen-bond donors (Lipinski definition) is 0. The largest absolute Gasteiger partial charge is 0.0616 e. The van der Waals surface area contributed by atoms with Crippen molar-refractivity contribution in [3.63, 3.8) is 0 Å². The third kappa shape index (κ3) is 2.69. The average molecular weight is 310 g/mol. The molecule has 0 aliphatic heterocycles. The zero-order valence-corrected chi connectivity index (χ0v) is 14.2. The van der Waals surface area contributed by atoms with E-state index < -0.39 is 0 Å². The molecule has 2 unspecified atom stereocenters. The Labute approximate surface area is 143 Å². The standard InChI is InChI=1S/C24H22/c1-17(21-13-11-19-7-3-5-9-23(19)15-21)18(2)22-14-12-20-8-4-6-10-24(20)16-22/h3-18H,1-2H3. The van der Waals surface area contributed by atoms with Crippen molar-refractivity contribution in [2.45, 2.75) is 25.7 Å². The van der Waals surface area contributed by atoms with E-state index in [1.807, 2.05) is 0 Å². The molecule has 0 heteroatoms. The Bertz CT molecular complexity index is 913. The van der Waals surface area contributed by atoms with Gasteiger partial charge in [0.15, 0.2) is 0 Å². The van der Waals surface area contributed by atoms with E-state index in [1.165, 1.54) is 32.7 Å². The van der Waals surface area contributed by atoms with E-state index in [1.54, 1.807) is 0 Å². The third-order valence-electron chi connectivity index (χ3n) is 5.35. The highest BCUT2D eigenvalue weighted by Crippen LogP contribution is 2.34. The highest BCUT2D eigenvalue weighted by atomic mass is 14.2. The molecule has 0 nitrogen and oxygen atoms in total. The summed E-state index contributed by atoms with van der Waals surface area (Å²) in [5.74, 6) is 0.964. The van der Waals surface area contributed by atoms with E-state index in [2.05, 4.69) is 98.8 Å². The fourth-order valence-corrected chi connectivity index (χ4v) is 3.56. The topological polar surface area (TPSA) is 0 Å². The lowest BCUT2D eigenvalue weighted by atomic mass is 9.83. The molecule has 0 amide bonds. The van der Waals surface area contributed by atoms with E-state index in [4.69, 9.17) is 0 Å². The first-order valence-electron chi connectivity index (χ1n) is 8.70. The van der Waals surface area contributed by atoms with E-state index >= 15 is 0 Å². The van der Waals surface area contributed by atoms with Gasteiger partial charge in [-0.05, 0) is 44.5 Å². The Morgan fingerprint density at radius 1 is 0.458 bits per heavy atom. The average Bonchev–Trinajstić information content (AvgIpc) is 2.66. The molecule has 0 saturated carbocycles. The van der Waals surface area contributed by atoms with Crippen LogP contribution < -0.4 is 0 Å². The molecule has 0 saturated heterocycles. The van der Waals surface area contributed by atoms with Gasteiger partial charge in [-0.2, -0.15) is 0 Å². The minimum absolute atomic E-state index is 0.482. The zero-order valence-electron chi connectivity index (χ0n) is 14.2. The molecular formula is C24H22. The fourth-order valence-electron chi connectivity index (χ4n) is 3.56. The summed E-state index contributed by atoms with van der Waals surface area (Å²) < 4.78 is 0. The van der Waals surface area contributed by atoms with Gasteiger partial charge in [-0.1, -0.05) is 98.8 Å². The molecule has 0 spiro atoms. The summed E-state index contributed by atoms with van der Waals surface area (Å²) in [5.41, 5.74) is 2.82. The lowest BCUT2D eigenvalue weighted by molar-refractivity contribution is 0.625. The Kier molecular flexibility index (Phi) is 3.82. The first-order chi connectivity index (χ1) is 11.7. The molecule has 4 rings (SSSR count). The molecular weight excluding hydrogens is 288 g/mol. The monoisotopic (exact) mass is 310 g/mol. The fraction of sp³-hybridized carbons (Fsp3) is 0.167. The van der Waals surface area contributed by atoms with Gasteiger partial charge in [0.1, 0.15) is 0 Å². The van der Waals surface area contributed by atoms with Crippen LogP contribution in [0.5, 0.6) is 0 Å². The maximum Gasteiger partial charge on any atom is -0.0124 e. The zero-order chi connectivity index (χ0) is 16.5. The molecule has 4 aromatic rings. The molecule has 0 aliphatic carbocycles. The van der Waals surface area contributed by atoms with Gasteiger partial charge >= 0.3 is 0 Å². The summed E-state index contributed by atoms with van der Waals surface area (Å²) in [6, 6.07) is 30.9. The molecule has 0 bridgehead atoms. The molecule has 0 aliphatic rings. The molecule has 2 atom stereocenters. The summed E-state index contributed by atoms with van der Waals surface area (Å²) in [6.45, 7) is 4.67. The summed E-state index contributed by atoms with van der Waals surface area (Å²) in [7, 11) is 0. The lowest BCUT2D eigenvalue weighted by Gasteiger charge is -2.22. The van der Waals surface area contributed by atoms with Crippen molar-refractivity contribution in [3.05, 3.63) is 96.1 Å². The molecule has 0 aromatic heterocycles. The summed E-state index contributed by atoms with van der Waals surface area (Å²) in [5, 5.41) is 5.28. The van der Waals surface area contributed by atoms with Gasteiger partial charge in [-0.15, -0.1) is 0 Å². The Morgan fingerprint density at radius 2 is 0.833 bits per heavy atom. The van der Waals surface area contributed by atoms with Gasteiger partial charge in [0.05, 0.1) is 0 Å². The maximum atomic E-state index is 2.34. The van der Waals surface area contributed by atoms with E-state index in [0.29, 0.717) is 11.8 Å². The Hall–Kier alpha value is -2.60. The predicted octanol–water partition coefficient (Wildman–Crippen LogP) is 6.90. The van der Waals surface area contributed by atoms with Crippen LogP contribution in [0.15, 0.2) is 84.9 Å². The van der Waals surface area contributed by atoms with Crippen LogP contribution in [-0.2, 0) is 0 Å². The number of fused-ring (bicyclic) bond motifs is 2. The second-order valence-corrected chi connectivity index (χ2v) is 6.79. The molecule has 118 valence electrons. The van der Waals surface area contributed by atoms with E-state index in [-0.39, 0.29) is 0 Å². The second kappa shape index (κ2) is 6.13. The van der Waals surface area contributed by atoms with Gasteiger partial charge in [0, 0.05) is 0 Å². The summed E-state index contributed by atoms with van der Waals surface area (Å²) >= 11 is 0. The quantitative estimate of drug-likeness (QED) is 0.386. The molecule has 0 fully saturated rings. The van der Waals surface area contributed by atoms with Crippen molar-refractivity contribution in [2.24, 2.45) is 0 Å². The Balaban J connectivity index is 1.69. The van der Waals surface area contributed by atoms with Crippen LogP contribution in [0.1, 0.15) is 36.8 Å². The molecule has 24 heavy (non-hydrogen) atoms. The summed E-state index contributed by atoms with van der Waals surface area (Å²) in [4.78, 5) is 0. The molecule has 4 aromatic carbocycles. The lowest BCUT2D eigenvalue weighted by Crippen LogP contribution is -2.05. The van der Waals surface area contributed by atoms with Crippen molar-refractivity contribution in [2.75, 3.05) is 0 Å². The van der Waals surface area contributed by atoms with Crippen LogP contribution in [0.25, 0.3) is 21.5 Å². The van der Waals surface area contributed by atoms with Crippen molar-refractivity contribution < 1.29 is 0 Å². The van der Waals surface area contributed by atoms with Crippen LogP contribution in [0.3, 0.4) is 0 Å². The number of benzene rings is 4. The molecule has 0 heterocycles. The minimum atomic E-state index is 0.482. The minimum Gasteiger partial charge on any atom is -0.0616 e. The maximum absolute atomic E-state index is 2.34. The van der Waals surface area contributed by atoms with Gasteiger partial charge in [0.2, 0.25) is 0 Å². The number of rotatable bonds is 3. The first kappa shape index (κ1) is 15.0. The smallest absolute Gasteiger partial charge is 0.0124 e. The van der Waals surface area contributed by atoms with Crippen LogP contribution in [0.2, 0.25) is 0 Å². The molecule has 0 N–H and O–H groups in total. The normalized spacial score (nSPS) is 13.9. The first-order valence-corrected chi connectivity index (χ1v) is 8.70. The van der Waals surface area contributed by atoms with Crippen LogP contribution in [0.4, 0.5) is 0 Å². The van der Waals surface area contributed by atoms with Gasteiger partial charge in [-0.3, -0.25) is 0 Å².